The van der Waals surface area contributed by atoms with Gasteiger partial charge in [-0.05, 0) is 25.0 Å². The number of hydrogen-bond acceptors (Lipinski definition) is 3. The van der Waals surface area contributed by atoms with Crippen LogP contribution in [-0.2, 0) is 0 Å². The molecular weight excluding hydrogens is 249 g/mol. The van der Waals surface area contributed by atoms with Crippen molar-refractivity contribution in [2.24, 2.45) is 5.92 Å². The van der Waals surface area contributed by atoms with E-state index in [9.17, 15) is 14.3 Å². The van der Waals surface area contributed by atoms with Crippen molar-refractivity contribution in [1.29, 1.82) is 0 Å². The number of aliphatic hydroxyl groups excluding tert-OH is 1. The van der Waals surface area contributed by atoms with E-state index in [2.05, 4.69) is 5.32 Å². The van der Waals surface area contributed by atoms with E-state index in [0.29, 0.717) is 0 Å². The molecule has 1 aromatic rings. The largest absolute Gasteiger partial charge is 0.496 e. The van der Waals surface area contributed by atoms with Crippen LogP contribution < -0.4 is 10.1 Å². The highest BCUT2D eigenvalue weighted by molar-refractivity contribution is 5.97. The summed E-state index contributed by atoms with van der Waals surface area (Å²) in [4.78, 5) is 12.1. The number of ether oxygens (including phenoxy) is 1. The van der Waals surface area contributed by atoms with E-state index in [1.807, 2.05) is 0 Å². The molecule has 5 heteroatoms. The second-order valence-electron chi connectivity index (χ2n) is 4.77. The number of carbonyl (C=O) groups excluding carboxylic acids is 1. The number of halogens is 1. The first kappa shape index (κ1) is 13.8. The van der Waals surface area contributed by atoms with Crippen molar-refractivity contribution >= 4 is 5.91 Å². The van der Waals surface area contributed by atoms with E-state index in [0.717, 1.165) is 19.3 Å². The number of nitrogens with one attached hydrogen (secondary N) is 1. The predicted molar refractivity (Wildman–Crippen MR) is 68.6 cm³/mol. The van der Waals surface area contributed by atoms with Crippen LogP contribution in [0.3, 0.4) is 0 Å². The van der Waals surface area contributed by atoms with Gasteiger partial charge in [0.05, 0.1) is 7.11 Å². The van der Waals surface area contributed by atoms with Crippen LogP contribution in [-0.4, -0.2) is 30.8 Å². The van der Waals surface area contributed by atoms with Crippen molar-refractivity contribution in [3.05, 3.63) is 29.6 Å². The zero-order chi connectivity index (χ0) is 13.8. The van der Waals surface area contributed by atoms with Crippen molar-refractivity contribution in [2.45, 2.75) is 25.3 Å². The van der Waals surface area contributed by atoms with Gasteiger partial charge in [0.25, 0.3) is 5.91 Å². The summed E-state index contributed by atoms with van der Waals surface area (Å²) in [7, 11) is 1.40. The smallest absolute Gasteiger partial charge is 0.258 e. The molecular formula is C14H18FNO3. The molecule has 0 spiro atoms. The van der Waals surface area contributed by atoms with Gasteiger partial charge < -0.3 is 15.2 Å². The van der Waals surface area contributed by atoms with Crippen molar-refractivity contribution in [2.75, 3.05) is 13.7 Å². The van der Waals surface area contributed by atoms with Gasteiger partial charge in [0.2, 0.25) is 0 Å². The summed E-state index contributed by atoms with van der Waals surface area (Å²) in [6.07, 6.45) is 2.66. The summed E-state index contributed by atoms with van der Waals surface area (Å²) in [5, 5.41) is 12.0. The Kier molecular flexibility index (Phi) is 4.37. The molecule has 1 fully saturated rings. The Morgan fingerprint density at radius 3 is 3.00 bits per heavy atom. The van der Waals surface area contributed by atoms with E-state index in [4.69, 9.17) is 4.74 Å². The zero-order valence-electron chi connectivity index (χ0n) is 10.9. The molecule has 104 valence electrons. The molecule has 2 rings (SSSR count). The van der Waals surface area contributed by atoms with Crippen molar-refractivity contribution < 1.29 is 19.0 Å². The molecule has 1 aliphatic rings. The lowest BCUT2D eigenvalue weighted by Crippen LogP contribution is -2.39. The maximum Gasteiger partial charge on any atom is 0.258 e. The van der Waals surface area contributed by atoms with Gasteiger partial charge in [-0.3, -0.25) is 4.79 Å². The fourth-order valence-corrected chi connectivity index (χ4v) is 2.58. The number of methoxy groups -OCH3 is 1. The van der Waals surface area contributed by atoms with Gasteiger partial charge in [-0.25, -0.2) is 4.39 Å². The van der Waals surface area contributed by atoms with Gasteiger partial charge >= 0.3 is 0 Å². The lowest BCUT2D eigenvalue weighted by atomic mass is 10.0. The molecule has 19 heavy (non-hydrogen) atoms. The minimum atomic E-state index is -0.601. The quantitative estimate of drug-likeness (QED) is 0.873. The Hall–Kier alpha value is -1.62. The van der Waals surface area contributed by atoms with Crippen molar-refractivity contribution in [3.8, 4) is 5.75 Å². The molecule has 1 aliphatic carbocycles. The van der Waals surface area contributed by atoms with Gasteiger partial charge in [-0.2, -0.15) is 0 Å². The molecule has 1 saturated carbocycles. The van der Waals surface area contributed by atoms with E-state index in [1.54, 1.807) is 6.07 Å². The molecule has 2 N–H and O–H groups in total. The second kappa shape index (κ2) is 6.02. The third kappa shape index (κ3) is 2.87. The average Bonchev–Trinajstić information content (AvgIpc) is 2.85. The van der Waals surface area contributed by atoms with Gasteiger partial charge in [-0.1, -0.05) is 12.5 Å². The molecule has 0 aliphatic heterocycles. The summed E-state index contributed by atoms with van der Waals surface area (Å²) < 4.78 is 18.8. The lowest BCUT2D eigenvalue weighted by Gasteiger charge is -2.19. The number of hydrogen-bond donors (Lipinski definition) is 2. The summed E-state index contributed by atoms with van der Waals surface area (Å²) in [6, 6.07) is 4.19. The minimum absolute atomic E-state index is 0.0410. The molecule has 0 heterocycles. The highest BCUT2D eigenvalue weighted by atomic mass is 19.1. The monoisotopic (exact) mass is 267 g/mol. The van der Waals surface area contributed by atoms with E-state index >= 15 is 0 Å². The second-order valence-corrected chi connectivity index (χ2v) is 4.77. The van der Waals surface area contributed by atoms with Crippen LogP contribution in [0.15, 0.2) is 18.2 Å². The Labute approximate surface area is 111 Å². The molecule has 0 saturated heterocycles. The van der Waals surface area contributed by atoms with Gasteiger partial charge in [0, 0.05) is 18.6 Å². The van der Waals surface area contributed by atoms with Crippen LogP contribution in [0.25, 0.3) is 0 Å². The van der Waals surface area contributed by atoms with Crippen LogP contribution in [0.2, 0.25) is 0 Å². The van der Waals surface area contributed by atoms with E-state index in [-0.39, 0.29) is 29.9 Å². The minimum Gasteiger partial charge on any atom is -0.496 e. The standard InChI is InChI=1S/C14H18FNO3/c1-19-12-7-3-5-10(15)13(12)14(18)16-11-6-2-4-9(11)8-17/h3,5,7,9,11,17H,2,4,6,8H2,1H3,(H,16,18). The summed E-state index contributed by atoms with van der Waals surface area (Å²) in [6.45, 7) is 0.0410. The molecule has 1 amide bonds. The first-order valence-electron chi connectivity index (χ1n) is 6.41. The summed E-state index contributed by atoms with van der Waals surface area (Å²) in [5.41, 5.74) is -0.0754. The number of benzene rings is 1. The fraction of sp³-hybridized carbons (Fsp3) is 0.500. The number of carbonyl (C=O) groups is 1. The SMILES string of the molecule is COc1cccc(F)c1C(=O)NC1CCCC1CO. The number of rotatable bonds is 4. The maximum absolute atomic E-state index is 13.8. The Morgan fingerprint density at radius 1 is 1.53 bits per heavy atom. The zero-order valence-corrected chi connectivity index (χ0v) is 10.9. The van der Waals surface area contributed by atoms with Gasteiger partial charge in [-0.15, -0.1) is 0 Å². The van der Waals surface area contributed by atoms with Crippen LogP contribution >= 0.6 is 0 Å². The molecule has 2 atom stereocenters. The molecule has 0 aromatic heterocycles. The predicted octanol–water partition coefficient (Wildman–Crippen LogP) is 1.73. The van der Waals surface area contributed by atoms with Crippen LogP contribution in [0.4, 0.5) is 4.39 Å². The van der Waals surface area contributed by atoms with Gasteiger partial charge in [0.1, 0.15) is 17.1 Å². The van der Waals surface area contributed by atoms with Crippen molar-refractivity contribution in [1.82, 2.24) is 5.32 Å². The highest BCUT2D eigenvalue weighted by Gasteiger charge is 2.29. The number of amides is 1. The highest BCUT2D eigenvalue weighted by Crippen LogP contribution is 2.27. The van der Waals surface area contributed by atoms with Crippen LogP contribution in [0, 0.1) is 11.7 Å². The normalized spacial score (nSPS) is 22.3. The summed E-state index contributed by atoms with van der Waals surface area (Å²) in [5.74, 6) is -0.812. The Balaban J connectivity index is 2.16. The van der Waals surface area contributed by atoms with E-state index < -0.39 is 11.7 Å². The topological polar surface area (TPSA) is 58.6 Å². The third-order valence-corrected chi connectivity index (χ3v) is 3.63. The Morgan fingerprint density at radius 2 is 2.32 bits per heavy atom. The van der Waals surface area contributed by atoms with Crippen molar-refractivity contribution in [3.63, 3.8) is 0 Å². The van der Waals surface area contributed by atoms with E-state index in [1.165, 1.54) is 19.2 Å². The molecule has 0 radical (unpaired) electrons. The molecule has 1 aromatic carbocycles. The molecule has 4 nitrogen and oxygen atoms in total. The van der Waals surface area contributed by atoms with Crippen LogP contribution in [0.5, 0.6) is 5.75 Å². The first-order chi connectivity index (χ1) is 9.17. The Bertz CT molecular complexity index is 464. The fourth-order valence-electron chi connectivity index (χ4n) is 2.58. The summed E-state index contributed by atoms with van der Waals surface area (Å²) >= 11 is 0. The van der Waals surface area contributed by atoms with Crippen LogP contribution in [0.1, 0.15) is 29.6 Å². The molecule has 2 unspecified atom stereocenters. The number of aliphatic hydroxyl groups is 1. The maximum atomic E-state index is 13.8. The average molecular weight is 267 g/mol. The first-order valence-corrected chi connectivity index (χ1v) is 6.41. The van der Waals surface area contributed by atoms with Gasteiger partial charge in [0.15, 0.2) is 0 Å². The third-order valence-electron chi connectivity index (χ3n) is 3.63. The lowest BCUT2D eigenvalue weighted by molar-refractivity contribution is 0.0908. The molecule has 0 bridgehead atoms.